The normalized spacial score (nSPS) is 16.7. The number of likely N-dealkylation sites (tertiary alicyclic amines) is 1. The molecule has 3 aromatic rings. The predicted molar refractivity (Wildman–Crippen MR) is 122 cm³/mol. The molecule has 3 N–H and O–H groups in total. The van der Waals surface area contributed by atoms with Crippen LogP contribution in [0.5, 0.6) is 0 Å². The Morgan fingerprint density at radius 3 is 2.64 bits per heavy atom. The Hall–Kier alpha value is -3.53. The summed E-state index contributed by atoms with van der Waals surface area (Å²) in [6.45, 7) is 2.45. The van der Waals surface area contributed by atoms with Crippen LogP contribution < -0.4 is 17.0 Å². The van der Waals surface area contributed by atoms with Crippen LogP contribution in [0.15, 0.2) is 46.2 Å². The fourth-order valence-corrected chi connectivity index (χ4v) is 4.39. The van der Waals surface area contributed by atoms with Gasteiger partial charge in [0.25, 0.3) is 5.56 Å². The highest BCUT2D eigenvalue weighted by Crippen LogP contribution is 2.28. The van der Waals surface area contributed by atoms with Crippen LogP contribution in [0.3, 0.4) is 0 Å². The average molecular weight is 455 g/mol. The number of nitrogens with one attached hydrogen (secondary N) is 1. The number of carbonyl (C=O) groups is 1. The minimum atomic E-state index is -0.688. The van der Waals surface area contributed by atoms with E-state index in [2.05, 4.69) is 9.97 Å². The number of aromatic amines is 1. The zero-order valence-electron chi connectivity index (χ0n) is 18.5. The number of nitrogen functional groups attached to an aromatic ring is 1. The molecule has 3 heterocycles. The van der Waals surface area contributed by atoms with E-state index >= 15 is 0 Å². The third kappa shape index (κ3) is 4.51. The molecule has 1 atom stereocenters. The summed E-state index contributed by atoms with van der Waals surface area (Å²) in [6, 6.07) is 5.57. The molecule has 1 aliphatic heterocycles. The monoisotopic (exact) mass is 454 g/mol. The molecular formula is C23H27FN6O3. The molecule has 2 aromatic heterocycles. The lowest BCUT2D eigenvalue weighted by Crippen LogP contribution is -2.46. The van der Waals surface area contributed by atoms with E-state index in [-0.39, 0.29) is 37.1 Å². The molecule has 33 heavy (non-hydrogen) atoms. The first-order valence-electron chi connectivity index (χ1n) is 11.0. The molecule has 9 nitrogen and oxygen atoms in total. The van der Waals surface area contributed by atoms with Crippen molar-refractivity contribution in [2.24, 2.45) is 0 Å². The number of piperidine rings is 1. The van der Waals surface area contributed by atoms with Crippen molar-refractivity contribution in [3.05, 3.63) is 80.3 Å². The van der Waals surface area contributed by atoms with Gasteiger partial charge in [-0.15, -0.1) is 0 Å². The summed E-state index contributed by atoms with van der Waals surface area (Å²) in [4.78, 5) is 48.8. The largest absolute Gasteiger partial charge is 0.384 e. The van der Waals surface area contributed by atoms with Crippen LogP contribution >= 0.6 is 0 Å². The van der Waals surface area contributed by atoms with Crippen LogP contribution in [0.1, 0.15) is 54.0 Å². The minimum absolute atomic E-state index is 0.0106. The number of aromatic nitrogens is 4. The van der Waals surface area contributed by atoms with E-state index in [1.165, 1.54) is 28.8 Å². The molecule has 0 spiro atoms. The second-order valence-electron chi connectivity index (χ2n) is 8.18. The number of benzene rings is 1. The third-order valence-electron chi connectivity index (χ3n) is 6.11. The first kappa shape index (κ1) is 22.7. The number of Topliss-reactive ketones (excluding diaryl/α,β-unsaturated/α-hetero) is 1. The lowest BCUT2D eigenvalue weighted by molar-refractivity contribution is 0.0832. The van der Waals surface area contributed by atoms with E-state index in [1.807, 2.05) is 4.90 Å². The van der Waals surface area contributed by atoms with E-state index in [1.54, 1.807) is 19.3 Å². The van der Waals surface area contributed by atoms with Crippen molar-refractivity contribution >= 4 is 11.6 Å². The van der Waals surface area contributed by atoms with Gasteiger partial charge in [-0.1, -0.05) is 18.6 Å². The molecule has 0 unspecified atom stereocenters. The van der Waals surface area contributed by atoms with Gasteiger partial charge >= 0.3 is 5.69 Å². The summed E-state index contributed by atoms with van der Waals surface area (Å²) in [7, 11) is 0. The Balaban J connectivity index is 1.70. The van der Waals surface area contributed by atoms with Crippen molar-refractivity contribution in [2.75, 3.05) is 18.8 Å². The van der Waals surface area contributed by atoms with Gasteiger partial charge in [-0.2, -0.15) is 0 Å². The fraction of sp³-hybridized carbons (Fsp3) is 0.391. The first-order valence-corrected chi connectivity index (χ1v) is 11.0. The lowest BCUT2D eigenvalue weighted by atomic mass is 10.0. The Bertz CT molecular complexity index is 1250. The maximum Gasteiger partial charge on any atom is 0.332 e. The van der Waals surface area contributed by atoms with Crippen molar-refractivity contribution in [3.8, 4) is 0 Å². The molecule has 0 saturated carbocycles. The standard InChI is InChI=1S/C23H27FN6O3/c1-2-29-22(32)19(20(25)30(23(29)33)13-15-6-8-16(24)9-7-15)18(31)14-28-12-4-3-5-17(28)21-26-10-11-27-21/h6-11,17H,2-5,12-14,25H2,1H3,(H,26,27)/t17-/m1/s1. The van der Waals surface area contributed by atoms with Crippen LogP contribution in [0.25, 0.3) is 0 Å². The van der Waals surface area contributed by atoms with E-state index in [0.29, 0.717) is 12.1 Å². The van der Waals surface area contributed by atoms with Crippen LogP contribution in [-0.2, 0) is 13.1 Å². The van der Waals surface area contributed by atoms with Crippen LogP contribution in [0.4, 0.5) is 10.2 Å². The van der Waals surface area contributed by atoms with Gasteiger partial charge < -0.3 is 10.7 Å². The maximum atomic E-state index is 13.4. The molecule has 0 amide bonds. The number of imidazole rings is 1. The minimum Gasteiger partial charge on any atom is -0.384 e. The first-order chi connectivity index (χ1) is 15.9. The smallest absolute Gasteiger partial charge is 0.332 e. The van der Waals surface area contributed by atoms with Crippen molar-refractivity contribution in [3.63, 3.8) is 0 Å². The van der Waals surface area contributed by atoms with Crippen molar-refractivity contribution in [1.82, 2.24) is 24.0 Å². The highest BCUT2D eigenvalue weighted by atomic mass is 19.1. The van der Waals surface area contributed by atoms with Crippen molar-refractivity contribution in [1.29, 1.82) is 0 Å². The Morgan fingerprint density at radius 2 is 1.97 bits per heavy atom. The molecular weight excluding hydrogens is 427 g/mol. The number of H-pyrrole nitrogens is 1. The Kier molecular flexibility index (Phi) is 6.55. The number of hydrogen-bond acceptors (Lipinski definition) is 6. The maximum absolute atomic E-state index is 13.4. The second kappa shape index (κ2) is 9.53. The van der Waals surface area contributed by atoms with E-state index in [0.717, 1.165) is 29.7 Å². The lowest BCUT2D eigenvalue weighted by Gasteiger charge is -2.34. The van der Waals surface area contributed by atoms with E-state index < -0.39 is 22.8 Å². The van der Waals surface area contributed by atoms with Crippen LogP contribution in [0.2, 0.25) is 0 Å². The van der Waals surface area contributed by atoms with Gasteiger partial charge in [-0.25, -0.2) is 14.2 Å². The summed E-state index contributed by atoms with van der Waals surface area (Å²) in [6.07, 6.45) is 6.21. The van der Waals surface area contributed by atoms with Crippen molar-refractivity contribution in [2.45, 2.75) is 45.3 Å². The van der Waals surface area contributed by atoms with Gasteiger partial charge in [0.05, 0.1) is 19.1 Å². The number of anilines is 1. The highest BCUT2D eigenvalue weighted by molar-refractivity contribution is 6.01. The number of ketones is 1. The van der Waals surface area contributed by atoms with Crippen LogP contribution in [-0.4, -0.2) is 42.9 Å². The molecule has 0 bridgehead atoms. The molecule has 0 aliphatic carbocycles. The zero-order chi connectivity index (χ0) is 23.5. The number of carbonyl (C=O) groups excluding carboxylic acids is 1. The summed E-state index contributed by atoms with van der Waals surface area (Å²) in [5.41, 5.74) is 5.38. The number of rotatable bonds is 7. The Morgan fingerprint density at radius 1 is 1.21 bits per heavy atom. The predicted octanol–water partition coefficient (Wildman–Crippen LogP) is 1.93. The molecule has 1 fully saturated rings. The van der Waals surface area contributed by atoms with E-state index in [4.69, 9.17) is 5.73 Å². The summed E-state index contributed by atoms with van der Waals surface area (Å²) >= 11 is 0. The summed E-state index contributed by atoms with van der Waals surface area (Å²) in [5.74, 6) is -0.231. The topological polar surface area (TPSA) is 119 Å². The number of nitrogens with two attached hydrogens (primary N) is 1. The quantitative estimate of drug-likeness (QED) is 0.527. The molecule has 1 aliphatic rings. The molecule has 4 rings (SSSR count). The second-order valence-corrected chi connectivity index (χ2v) is 8.18. The molecule has 10 heteroatoms. The van der Waals surface area contributed by atoms with Crippen molar-refractivity contribution < 1.29 is 9.18 Å². The average Bonchev–Trinajstić information content (AvgIpc) is 3.33. The third-order valence-corrected chi connectivity index (χ3v) is 6.11. The number of halogens is 1. The van der Waals surface area contributed by atoms with Gasteiger partial charge in [0.1, 0.15) is 23.0 Å². The van der Waals surface area contributed by atoms with Gasteiger partial charge in [-0.3, -0.25) is 23.6 Å². The van der Waals surface area contributed by atoms with Gasteiger partial charge in [-0.05, 0) is 44.0 Å². The molecule has 0 radical (unpaired) electrons. The summed E-state index contributed by atoms with van der Waals surface area (Å²) < 4.78 is 15.5. The SMILES string of the molecule is CCn1c(=O)c(C(=O)CN2CCCC[C@@H]2c2ncc[nH]2)c(N)n(Cc2ccc(F)cc2)c1=O. The molecule has 1 aromatic carbocycles. The fourth-order valence-electron chi connectivity index (χ4n) is 4.39. The van der Waals surface area contributed by atoms with Crippen LogP contribution in [0, 0.1) is 5.82 Å². The number of nitrogens with zero attached hydrogens (tertiary/aromatic N) is 4. The highest BCUT2D eigenvalue weighted by Gasteiger charge is 2.30. The summed E-state index contributed by atoms with van der Waals surface area (Å²) in [5, 5.41) is 0. The van der Waals surface area contributed by atoms with E-state index in [9.17, 15) is 18.8 Å². The van der Waals surface area contributed by atoms with Gasteiger partial charge in [0.15, 0.2) is 5.78 Å². The Labute approximate surface area is 189 Å². The molecule has 174 valence electrons. The number of hydrogen-bond donors (Lipinski definition) is 2. The zero-order valence-corrected chi connectivity index (χ0v) is 18.5. The van der Waals surface area contributed by atoms with Gasteiger partial charge in [0.2, 0.25) is 0 Å². The molecule has 1 saturated heterocycles. The van der Waals surface area contributed by atoms with Gasteiger partial charge in [0, 0.05) is 18.9 Å².